The van der Waals surface area contributed by atoms with Gasteiger partial charge < -0.3 is 9.47 Å². The third-order valence-electron chi connectivity index (χ3n) is 2.62. The molecule has 0 aliphatic carbocycles. The zero-order valence-electron chi connectivity index (χ0n) is 8.01. The van der Waals surface area contributed by atoms with Gasteiger partial charge in [-0.25, -0.2) is 4.98 Å². The molecule has 0 N–H and O–H groups in total. The largest absolute Gasteiger partial charge is 0.352 e. The monoisotopic (exact) mass is 185 g/mol. The zero-order chi connectivity index (χ0) is 9.54. The molecular formula is C11H11N3. The van der Waals surface area contributed by atoms with Crippen molar-refractivity contribution in [2.45, 2.75) is 6.54 Å². The van der Waals surface area contributed by atoms with Crippen LogP contribution in [0.15, 0.2) is 36.7 Å². The van der Waals surface area contributed by atoms with E-state index in [4.69, 9.17) is 0 Å². The molecule has 3 rings (SSSR count). The van der Waals surface area contributed by atoms with Crippen molar-refractivity contribution in [1.29, 1.82) is 0 Å². The third kappa shape index (κ3) is 0.894. The lowest BCUT2D eigenvalue weighted by Gasteiger charge is -2.27. The van der Waals surface area contributed by atoms with Crippen molar-refractivity contribution in [3.63, 3.8) is 0 Å². The van der Waals surface area contributed by atoms with Gasteiger partial charge in [-0.05, 0) is 24.3 Å². The predicted octanol–water partition coefficient (Wildman–Crippen LogP) is 1.82. The molecule has 1 aliphatic rings. The van der Waals surface area contributed by atoms with Gasteiger partial charge in [0.05, 0.1) is 12.2 Å². The summed E-state index contributed by atoms with van der Waals surface area (Å²) in [4.78, 5) is 6.56. The van der Waals surface area contributed by atoms with Crippen LogP contribution in [0.3, 0.4) is 0 Å². The van der Waals surface area contributed by atoms with E-state index in [-0.39, 0.29) is 0 Å². The molecule has 0 bridgehead atoms. The second-order valence-corrected chi connectivity index (χ2v) is 3.57. The number of anilines is 1. The molecule has 0 unspecified atom stereocenters. The van der Waals surface area contributed by atoms with Crippen LogP contribution in [0.4, 0.5) is 5.82 Å². The Morgan fingerprint density at radius 1 is 1.29 bits per heavy atom. The number of nitrogens with zero attached hydrogens (tertiary/aromatic N) is 3. The molecule has 0 saturated carbocycles. The second kappa shape index (κ2) is 2.61. The molecule has 70 valence electrons. The average molecular weight is 185 g/mol. The molecule has 0 aromatic carbocycles. The van der Waals surface area contributed by atoms with Crippen molar-refractivity contribution >= 4 is 5.82 Å². The molecule has 3 heterocycles. The lowest BCUT2D eigenvalue weighted by molar-refractivity contribution is 0.786. The van der Waals surface area contributed by atoms with Gasteiger partial charge in [0.15, 0.2) is 5.82 Å². The van der Waals surface area contributed by atoms with Crippen LogP contribution in [-0.4, -0.2) is 16.6 Å². The van der Waals surface area contributed by atoms with Crippen molar-refractivity contribution in [3.05, 3.63) is 42.4 Å². The first-order valence-electron chi connectivity index (χ1n) is 4.69. The highest BCUT2D eigenvalue weighted by molar-refractivity contribution is 5.60. The summed E-state index contributed by atoms with van der Waals surface area (Å²) >= 11 is 0. The smallest absolute Gasteiger partial charge is 0.152 e. The van der Waals surface area contributed by atoms with Crippen molar-refractivity contribution < 1.29 is 0 Å². The van der Waals surface area contributed by atoms with E-state index in [1.807, 2.05) is 12.3 Å². The summed E-state index contributed by atoms with van der Waals surface area (Å²) < 4.78 is 2.20. The van der Waals surface area contributed by atoms with Gasteiger partial charge in [-0.3, -0.25) is 0 Å². The van der Waals surface area contributed by atoms with E-state index in [9.17, 15) is 0 Å². The molecule has 2 aromatic heterocycles. The normalized spacial score (nSPS) is 13.6. The van der Waals surface area contributed by atoms with Crippen LogP contribution in [0.5, 0.6) is 0 Å². The Balaban J connectivity index is 2.30. The summed E-state index contributed by atoms with van der Waals surface area (Å²) in [6, 6.07) is 8.29. The number of fused-ring (bicyclic) bond motifs is 3. The lowest BCUT2D eigenvalue weighted by atomic mass is 10.2. The summed E-state index contributed by atoms with van der Waals surface area (Å²) in [6.07, 6.45) is 3.92. The van der Waals surface area contributed by atoms with Crippen LogP contribution >= 0.6 is 0 Å². The summed E-state index contributed by atoms with van der Waals surface area (Å²) in [7, 11) is 2.07. The first-order chi connectivity index (χ1) is 6.86. The number of hydrogen-bond donors (Lipinski definition) is 0. The third-order valence-corrected chi connectivity index (χ3v) is 2.62. The van der Waals surface area contributed by atoms with Crippen LogP contribution in [-0.2, 0) is 6.54 Å². The fourth-order valence-corrected chi connectivity index (χ4v) is 1.97. The summed E-state index contributed by atoms with van der Waals surface area (Å²) in [5.74, 6) is 1.05. The maximum absolute atomic E-state index is 4.38. The van der Waals surface area contributed by atoms with Crippen LogP contribution in [0.2, 0.25) is 0 Å². The molecule has 0 atom stereocenters. The standard InChI is InChI=1S/C11H11N3/c1-13-8-9-4-3-7-14(9)10-5-2-6-12-11(10)13/h2-7H,8H2,1H3. The topological polar surface area (TPSA) is 21.1 Å². The Labute approximate surface area is 82.6 Å². The lowest BCUT2D eigenvalue weighted by Crippen LogP contribution is -2.25. The van der Waals surface area contributed by atoms with Crippen molar-refractivity contribution in [2.75, 3.05) is 11.9 Å². The zero-order valence-corrected chi connectivity index (χ0v) is 8.01. The van der Waals surface area contributed by atoms with Crippen LogP contribution < -0.4 is 4.90 Å². The molecule has 0 radical (unpaired) electrons. The first-order valence-corrected chi connectivity index (χ1v) is 4.69. The van der Waals surface area contributed by atoms with Gasteiger partial charge in [-0.1, -0.05) is 0 Å². The SMILES string of the molecule is CN1Cc2cccn2-c2cccnc21. The van der Waals surface area contributed by atoms with Gasteiger partial charge in [0.25, 0.3) is 0 Å². The van der Waals surface area contributed by atoms with E-state index < -0.39 is 0 Å². The van der Waals surface area contributed by atoms with E-state index >= 15 is 0 Å². The second-order valence-electron chi connectivity index (χ2n) is 3.57. The Hall–Kier alpha value is -1.77. The minimum atomic E-state index is 0.928. The highest BCUT2D eigenvalue weighted by Gasteiger charge is 2.18. The molecule has 3 heteroatoms. The minimum Gasteiger partial charge on any atom is -0.352 e. The molecule has 2 aromatic rings. The Morgan fingerprint density at radius 2 is 2.21 bits per heavy atom. The predicted molar refractivity (Wildman–Crippen MR) is 55.7 cm³/mol. The molecule has 3 nitrogen and oxygen atoms in total. The number of hydrogen-bond acceptors (Lipinski definition) is 2. The van der Waals surface area contributed by atoms with Crippen molar-refractivity contribution in [1.82, 2.24) is 9.55 Å². The Bertz CT molecular complexity index is 473. The van der Waals surface area contributed by atoms with Gasteiger partial charge >= 0.3 is 0 Å². The van der Waals surface area contributed by atoms with Gasteiger partial charge in [0.2, 0.25) is 0 Å². The van der Waals surface area contributed by atoms with Crippen molar-refractivity contribution in [2.24, 2.45) is 0 Å². The van der Waals surface area contributed by atoms with Gasteiger partial charge in [0.1, 0.15) is 0 Å². The Kier molecular flexibility index (Phi) is 1.42. The summed E-state index contributed by atoms with van der Waals surface area (Å²) in [5.41, 5.74) is 2.48. The number of aromatic nitrogens is 2. The van der Waals surface area contributed by atoms with Crippen LogP contribution in [0.1, 0.15) is 5.69 Å². The van der Waals surface area contributed by atoms with Gasteiger partial charge in [0, 0.05) is 25.1 Å². The van der Waals surface area contributed by atoms with Gasteiger partial charge in [-0.15, -0.1) is 0 Å². The molecule has 0 spiro atoms. The van der Waals surface area contributed by atoms with E-state index in [1.165, 1.54) is 11.4 Å². The highest BCUT2D eigenvalue weighted by Crippen LogP contribution is 2.28. The Morgan fingerprint density at radius 3 is 3.14 bits per heavy atom. The maximum atomic E-state index is 4.38. The van der Waals surface area contributed by atoms with Crippen LogP contribution in [0, 0.1) is 0 Å². The highest BCUT2D eigenvalue weighted by atomic mass is 15.2. The van der Waals surface area contributed by atoms with E-state index in [0.717, 1.165) is 12.4 Å². The fraction of sp³-hybridized carbons (Fsp3) is 0.182. The first kappa shape index (κ1) is 7.62. The quantitative estimate of drug-likeness (QED) is 0.624. The van der Waals surface area contributed by atoms with Gasteiger partial charge in [-0.2, -0.15) is 0 Å². The molecule has 14 heavy (non-hydrogen) atoms. The number of pyridine rings is 1. The molecule has 0 saturated heterocycles. The fourth-order valence-electron chi connectivity index (χ4n) is 1.97. The maximum Gasteiger partial charge on any atom is 0.152 e. The van der Waals surface area contributed by atoms with Crippen LogP contribution in [0.25, 0.3) is 5.69 Å². The minimum absolute atomic E-state index is 0.928. The molecule has 0 fully saturated rings. The van der Waals surface area contributed by atoms with Crippen molar-refractivity contribution in [3.8, 4) is 5.69 Å². The average Bonchev–Trinajstić information content (AvgIpc) is 2.66. The molecular weight excluding hydrogens is 174 g/mol. The molecule has 1 aliphatic heterocycles. The van der Waals surface area contributed by atoms with E-state index in [1.54, 1.807) is 0 Å². The summed E-state index contributed by atoms with van der Waals surface area (Å²) in [5, 5.41) is 0. The number of rotatable bonds is 0. The molecule has 0 amide bonds. The van der Waals surface area contributed by atoms with E-state index in [2.05, 4.69) is 45.9 Å². The summed E-state index contributed by atoms with van der Waals surface area (Å²) in [6.45, 7) is 0.928. The van der Waals surface area contributed by atoms with E-state index in [0.29, 0.717) is 0 Å².